The maximum absolute atomic E-state index is 12.5. The molecule has 0 spiro atoms. The normalized spacial score (nSPS) is 12.3. The van der Waals surface area contributed by atoms with Crippen LogP contribution in [0.25, 0.3) is 0 Å². The second-order valence-electron chi connectivity index (χ2n) is 5.67. The van der Waals surface area contributed by atoms with Crippen LogP contribution in [0.3, 0.4) is 0 Å². The largest absolute Gasteiger partial charge is 0.449 e. The number of benzene rings is 2. The molecule has 12 heteroatoms. The van der Waals surface area contributed by atoms with Crippen LogP contribution < -0.4 is 5.32 Å². The number of hydrogen-bond donors (Lipinski definition) is 1. The highest BCUT2D eigenvalue weighted by atomic mass is 32.2. The molecule has 0 unspecified atom stereocenters. The molecule has 0 aliphatic rings. The molecule has 9 nitrogen and oxygen atoms in total. The molecule has 0 bridgehead atoms. The van der Waals surface area contributed by atoms with Gasteiger partial charge < -0.3 is 10.1 Å². The van der Waals surface area contributed by atoms with Gasteiger partial charge in [0.2, 0.25) is 9.84 Å². The Labute approximate surface area is 163 Å². The van der Waals surface area contributed by atoms with Crippen molar-refractivity contribution in [3.05, 3.63) is 64.2 Å². The number of nitrogens with zero attached hydrogens (tertiary/aromatic N) is 1. The number of rotatable bonds is 7. The van der Waals surface area contributed by atoms with Crippen molar-refractivity contribution in [1.82, 2.24) is 0 Å². The molecule has 0 fully saturated rings. The van der Waals surface area contributed by atoms with Crippen molar-refractivity contribution < 1.29 is 36.4 Å². The van der Waals surface area contributed by atoms with Gasteiger partial charge in [-0.05, 0) is 37.3 Å². The third-order valence-corrected chi connectivity index (χ3v) is 5.03. The van der Waals surface area contributed by atoms with Crippen molar-refractivity contribution in [1.29, 1.82) is 0 Å². The van der Waals surface area contributed by atoms with Gasteiger partial charge in [0.05, 0.1) is 15.4 Å². The zero-order valence-corrected chi connectivity index (χ0v) is 15.6. The van der Waals surface area contributed by atoms with Crippen molar-refractivity contribution in [2.45, 2.75) is 23.7 Å². The van der Waals surface area contributed by atoms with E-state index >= 15 is 0 Å². The zero-order chi connectivity index (χ0) is 21.8. The van der Waals surface area contributed by atoms with Crippen molar-refractivity contribution in [3.63, 3.8) is 0 Å². The van der Waals surface area contributed by atoms with Gasteiger partial charge in [0, 0.05) is 17.8 Å². The van der Waals surface area contributed by atoms with Crippen molar-refractivity contribution in [2.75, 3.05) is 5.32 Å². The molecule has 29 heavy (non-hydrogen) atoms. The molecule has 154 valence electrons. The van der Waals surface area contributed by atoms with Gasteiger partial charge in [0.15, 0.2) is 6.10 Å². The van der Waals surface area contributed by atoms with Gasteiger partial charge in [0.25, 0.3) is 11.6 Å². The molecule has 0 radical (unpaired) electrons. The van der Waals surface area contributed by atoms with Crippen LogP contribution in [-0.2, 0) is 19.4 Å². The molecule has 0 aliphatic heterocycles. The Morgan fingerprint density at radius 3 is 2.31 bits per heavy atom. The molecule has 0 heterocycles. The summed E-state index contributed by atoms with van der Waals surface area (Å²) in [5.41, 5.74) is -0.284. The average molecular weight is 428 g/mol. The van der Waals surface area contributed by atoms with E-state index < -0.39 is 43.4 Å². The van der Waals surface area contributed by atoms with Gasteiger partial charge in [-0.2, -0.15) is 8.78 Å². The van der Waals surface area contributed by atoms with Gasteiger partial charge in [0.1, 0.15) is 0 Å². The Morgan fingerprint density at radius 2 is 1.76 bits per heavy atom. The van der Waals surface area contributed by atoms with E-state index in [1.807, 2.05) is 0 Å². The first-order valence-electron chi connectivity index (χ1n) is 7.91. The first-order chi connectivity index (χ1) is 13.5. The fraction of sp³-hybridized carbons (Fsp3) is 0.176. The number of nitro groups is 1. The number of halogens is 2. The smallest absolute Gasteiger partial charge is 0.341 e. The van der Waals surface area contributed by atoms with Crippen LogP contribution in [0.1, 0.15) is 17.3 Å². The SMILES string of the molecule is C[C@@H](OC(=O)c1ccc(S(=O)(=O)C(F)F)cc1)C(=O)Nc1cccc([N+](=O)[O-])c1. The lowest BCUT2D eigenvalue weighted by molar-refractivity contribution is -0.384. The number of hydrogen-bond acceptors (Lipinski definition) is 7. The minimum Gasteiger partial charge on any atom is -0.449 e. The Hall–Kier alpha value is -3.41. The highest BCUT2D eigenvalue weighted by Gasteiger charge is 2.27. The highest BCUT2D eigenvalue weighted by molar-refractivity contribution is 7.91. The predicted octanol–water partition coefficient (Wildman–Crippen LogP) is 2.78. The van der Waals surface area contributed by atoms with Crippen LogP contribution in [-0.4, -0.2) is 37.1 Å². The number of alkyl halides is 2. The maximum atomic E-state index is 12.5. The van der Waals surface area contributed by atoms with E-state index in [0.29, 0.717) is 0 Å². The fourth-order valence-corrected chi connectivity index (χ4v) is 2.83. The third-order valence-electron chi connectivity index (χ3n) is 3.63. The summed E-state index contributed by atoms with van der Waals surface area (Å²) in [6, 6.07) is 8.72. The quantitative estimate of drug-likeness (QED) is 0.407. The summed E-state index contributed by atoms with van der Waals surface area (Å²) in [5, 5.41) is 13.1. The van der Waals surface area contributed by atoms with Gasteiger partial charge in [-0.25, -0.2) is 13.2 Å². The number of anilines is 1. The summed E-state index contributed by atoms with van der Waals surface area (Å²) in [6.07, 6.45) is -1.30. The Balaban J connectivity index is 2.04. The molecule has 2 aromatic rings. The third kappa shape index (κ3) is 5.31. The molecular formula is C17H14F2N2O7S. The van der Waals surface area contributed by atoms with Crippen molar-refractivity contribution >= 4 is 33.1 Å². The lowest BCUT2D eigenvalue weighted by atomic mass is 10.2. The van der Waals surface area contributed by atoms with E-state index in [-0.39, 0.29) is 16.9 Å². The molecule has 0 aromatic heterocycles. The van der Waals surface area contributed by atoms with Crippen LogP contribution in [0.5, 0.6) is 0 Å². The second-order valence-corrected chi connectivity index (χ2v) is 7.59. The van der Waals surface area contributed by atoms with E-state index in [2.05, 4.69) is 5.32 Å². The van der Waals surface area contributed by atoms with Gasteiger partial charge >= 0.3 is 11.7 Å². The summed E-state index contributed by atoms with van der Waals surface area (Å²) >= 11 is 0. The number of sulfone groups is 1. The average Bonchev–Trinajstić information content (AvgIpc) is 2.67. The van der Waals surface area contributed by atoms with Crippen molar-refractivity contribution in [3.8, 4) is 0 Å². The monoisotopic (exact) mass is 428 g/mol. The van der Waals surface area contributed by atoms with Crippen LogP contribution in [0.2, 0.25) is 0 Å². The molecule has 0 saturated heterocycles. The van der Waals surface area contributed by atoms with E-state index in [1.54, 1.807) is 0 Å². The van der Waals surface area contributed by atoms with Gasteiger partial charge in [-0.3, -0.25) is 14.9 Å². The summed E-state index contributed by atoms with van der Waals surface area (Å²) in [5.74, 6) is -5.36. The van der Waals surface area contributed by atoms with Crippen LogP contribution in [0.15, 0.2) is 53.4 Å². The topological polar surface area (TPSA) is 133 Å². The predicted molar refractivity (Wildman–Crippen MR) is 96.2 cm³/mol. The van der Waals surface area contributed by atoms with E-state index in [0.717, 1.165) is 30.3 Å². The number of nitrogens with one attached hydrogen (secondary N) is 1. The number of ether oxygens (including phenoxy) is 1. The van der Waals surface area contributed by atoms with Gasteiger partial charge in [-0.1, -0.05) is 6.07 Å². The molecule has 2 aromatic carbocycles. The standard InChI is InChI=1S/C17H14F2N2O7S/c1-10(15(22)20-12-3-2-4-13(9-12)21(24)25)28-16(23)11-5-7-14(8-6-11)29(26,27)17(18)19/h2-10,17H,1H3,(H,20,22)/t10-/m1/s1. The van der Waals surface area contributed by atoms with Gasteiger partial charge in [-0.15, -0.1) is 0 Å². The number of non-ortho nitro benzene ring substituents is 1. The molecule has 1 N–H and O–H groups in total. The number of esters is 1. The Morgan fingerprint density at radius 1 is 1.14 bits per heavy atom. The molecule has 1 amide bonds. The lowest BCUT2D eigenvalue weighted by Gasteiger charge is -2.13. The highest BCUT2D eigenvalue weighted by Crippen LogP contribution is 2.20. The number of carbonyl (C=O) groups is 2. The molecule has 0 aliphatic carbocycles. The molecular weight excluding hydrogens is 414 g/mol. The molecule has 2 rings (SSSR count). The number of nitro benzene ring substituents is 1. The lowest BCUT2D eigenvalue weighted by Crippen LogP contribution is -2.30. The summed E-state index contributed by atoms with van der Waals surface area (Å²) in [4.78, 5) is 33.6. The number of amides is 1. The summed E-state index contributed by atoms with van der Waals surface area (Å²) < 4.78 is 52.7. The van der Waals surface area contributed by atoms with E-state index in [4.69, 9.17) is 4.74 Å². The van der Waals surface area contributed by atoms with E-state index in [9.17, 15) is 36.9 Å². The first kappa shape index (κ1) is 21.9. The Kier molecular flexibility index (Phi) is 6.59. The maximum Gasteiger partial charge on any atom is 0.341 e. The minimum absolute atomic E-state index is 0.119. The second kappa shape index (κ2) is 8.73. The van der Waals surface area contributed by atoms with Crippen molar-refractivity contribution in [2.24, 2.45) is 0 Å². The summed E-state index contributed by atoms with van der Waals surface area (Å²) in [6.45, 7) is 1.25. The first-order valence-corrected chi connectivity index (χ1v) is 9.45. The van der Waals surface area contributed by atoms with Crippen LogP contribution in [0, 0.1) is 10.1 Å². The Bertz CT molecular complexity index is 1040. The fourth-order valence-electron chi connectivity index (χ4n) is 2.11. The minimum atomic E-state index is -4.80. The zero-order valence-electron chi connectivity index (χ0n) is 14.7. The van der Waals surface area contributed by atoms with Crippen LogP contribution >= 0.6 is 0 Å². The molecule has 1 atom stereocenters. The van der Waals surface area contributed by atoms with E-state index in [1.165, 1.54) is 25.1 Å². The van der Waals surface area contributed by atoms with Crippen LogP contribution in [0.4, 0.5) is 20.2 Å². The molecule has 0 saturated carbocycles. The summed E-state index contributed by atoms with van der Waals surface area (Å²) in [7, 11) is -4.80. The number of carbonyl (C=O) groups excluding carboxylic acids is 2.